The number of unbranched alkanes of at least 4 members (excludes halogenated alkanes) is 4. The monoisotopic (exact) mass is 369 g/mol. The third kappa shape index (κ3) is 8.38. The van der Waals surface area contributed by atoms with Crippen LogP contribution >= 0.6 is 0 Å². The molecule has 0 radical (unpaired) electrons. The molecule has 0 bridgehead atoms. The Morgan fingerprint density at radius 3 is 2.37 bits per heavy atom. The lowest BCUT2D eigenvalue weighted by atomic mass is 10.2. The zero-order valence-electron chi connectivity index (χ0n) is 17.2. The molecule has 2 rings (SSSR count). The summed E-state index contributed by atoms with van der Waals surface area (Å²) in [5.41, 5.74) is 2.31. The van der Waals surface area contributed by atoms with Gasteiger partial charge in [-0.05, 0) is 61.7 Å². The first-order valence-electron chi connectivity index (χ1n) is 10.4. The Balaban J connectivity index is 1.71. The van der Waals surface area contributed by atoms with Crippen molar-refractivity contribution in [1.82, 2.24) is 0 Å². The van der Waals surface area contributed by atoms with Crippen LogP contribution in [-0.2, 0) is 0 Å². The minimum Gasteiger partial charge on any atom is -0.494 e. The van der Waals surface area contributed by atoms with E-state index in [2.05, 4.69) is 50.4 Å². The molecule has 3 nitrogen and oxygen atoms in total. The highest BCUT2D eigenvalue weighted by Crippen LogP contribution is 2.18. The molecule has 0 saturated heterocycles. The van der Waals surface area contributed by atoms with Crippen LogP contribution in [0.1, 0.15) is 57.9 Å². The molecule has 2 aromatic carbocycles. The summed E-state index contributed by atoms with van der Waals surface area (Å²) in [6, 6.07) is 16.4. The molecule has 1 atom stereocenters. The van der Waals surface area contributed by atoms with E-state index in [1.54, 1.807) is 0 Å². The summed E-state index contributed by atoms with van der Waals surface area (Å²) in [5, 5.41) is 3.47. The summed E-state index contributed by atoms with van der Waals surface area (Å²) < 4.78 is 11.9. The summed E-state index contributed by atoms with van der Waals surface area (Å²) in [7, 11) is 0. The van der Waals surface area contributed by atoms with Gasteiger partial charge in [0.05, 0.1) is 13.2 Å². The molecule has 0 aliphatic rings. The van der Waals surface area contributed by atoms with Crippen molar-refractivity contribution in [2.45, 2.75) is 65.4 Å². The molecule has 27 heavy (non-hydrogen) atoms. The maximum Gasteiger partial charge on any atom is 0.120 e. The summed E-state index contributed by atoms with van der Waals surface area (Å²) >= 11 is 0. The zero-order valence-corrected chi connectivity index (χ0v) is 17.2. The Kier molecular flexibility index (Phi) is 9.61. The molecular formula is C24H35NO2. The van der Waals surface area contributed by atoms with Gasteiger partial charge in [0.1, 0.15) is 17.6 Å². The molecule has 0 fully saturated rings. The quantitative estimate of drug-likeness (QED) is 0.403. The molecule has 0 aromatic heterocycles. The van der Waals surface area contributed by atoms with E-state index in [4.69, 9.17) is 9.47 Å². The van der Waals surface area contributed by atoms with E-state index in [0.29, 0.717) is 0 Å². The van der Waals surface area contributed by atoms with Gasteiger partial charge < -0.3 is 14.8 Å². The molecule has 0 saturated carbocycles. The van der Waals surface area contributed by atoms with Gasteiger partial charge in [-0.2, -0.15) is 0 Å². The van der Waals surface area contributed by atoms with Crippen LogP contribution in [0.3, 0.4) is 0 Å². The van der Waals surface area contributed by atoms with Crippen LogP contribution in [0, 0.1) is 6.92 Å². The van der Waals surface area contributed by atoms with Gasteiger partial charge in [0, 0.05) is 5.69 Å². The molecule has 0 spiro atoms. The fraction of sp³-hybridized carbons (Fsp3) is 0.500. The Labute approximate surface area is 165 Å². The molecule has 1 N–H and O–H groups in total. The van der Waals surface area contributed by atoms with Gasteiger partial charge in [0.25, 0.3) is 0 Å². The smallest absolute Gasteiger partial charge is 0.120 e. The van der Waals surface area contributed by atoms with Gasteiger partial charge >= 0.3 is 0 Å². The molecule has 2 aromatic rings. The van der Waals surface area contributed by atoms with Crippen LogP contribution < -0.4 is 14.8 Å². The average molecular weight is 370 g/mol. The minimum atomic E-state index is 0.144. The first-order chi connectivity index (χ1) is 13.2. The lowest BCUT2D eigenvalue weighted by Crippen LogP contribution is -2.25. The zero-order chi connectivity index (χ0) is 19.3. The second-order valence-corrected chi connectivity index (χ2v) is 7.13. The highest BCUT2D eigenvalue weighted by atomic mass is 16.5. The number of nitrogens with one attached hydrogen (secondary N) is 1. The maximum atomic E-state index is 6.10. The lowest BCUT2D eigenvalue weighted by molar-refractivity contribution is 0.210. The summed E-state index contributed by atoms with van der Waals surface area (Å²) in [6.07, 6.45) is 7.41. The summed E-state index contributed by atoms with van der Waals surface area (Å²) in [6.45, 7) is 8.06. The SMILES string of the molecule is CCCCCCCOc1ccc(NCC(CC)Oc2cccc(C)c2)cc1. The van der Waals surface area contributed by atoms with Crippen molar-refractivity contribution in [3.05, 3.63) is 54.1 Å². The first-order valence-corrected chi connectivity index (χ1v) is 10.4. The van der Waals surface area contributed by atoms with Gasteiger partial charge in [0.15, 0.2) is 0 Å². The van der Waals surface area contributed by atoms with Crippen molar-refractivity contribution in [2.75, 3.05) is 18.5 Å². The number of ether oxygens (including phenoxy) is 2. The molecule has 1 unspecified atom stereocenters. The minimum absolute atomic E-state index is 0.144. The Bertz CT molecular complexity index is 639. The second-order valence-electron chi connectivity index (χ2n) is 7.13. The number of hydrogen-bond donors (Lipinski definition) is 1. The lowest BCUT2D eigenvalue weighted by Gasteiger charge is -2.19. The van der Waals surface area contributed by atoms with E-state index in [1.807, 2.05) is 24.3 Å². The molecule has 148 valence electrons. The van der Waals surface area contributed by atoms with Crippen LogP contribution in [0.5, 0.6) is 11.5 Å². The van der Waals surface area contributed by atoms with E-state index in [0.717, 1.165) is 43.2 Å². The van der Waals surface area contributed by atoms with Crippen molar-refractivity contribution >= 4 is 5.69 Å². The number of hydrogen-bond acceptors (Lipinski definition) is 3. The van der Waals surface area contributed by atoms with E-state index in [-0.39, 0.29) is 6.10 Å². The van der Waals surface area contributed by atoms with Crippen molar-refractivity contribution in [2.24, 2.45) is 0 Å². The maximum absolute atomic E-state index is 6.10. The normalized spacial score (nSPS) is 11.8. The van der Waals surface area contributed by atoms with Gasteiger partial charge in [-0.3, -0.25) is 0 Å². The second kappa shape index (κ2) is 12.3. The first kappa shape index (κ1) is 21.1. The molecule has 0 aliphatic heterocycles. The number of benzene rings is 2. The Hall–Kier alpha value is -2.16. The van der Waals surface area contributed by atoms with Gasteiger partial charge in [-0.1, -0.05) is 51.7 Å². The van der Waals surface area contributed by atoms with Crippen molar-refractivity contribution in [3.63, 3.8) is 0 Å². The fourth-order valence-corrected chi connectivity index (χ4v) is 2.95. The van der Waals surface area contributed by atoms with Crippen LogP contribution in [0.25, 0.3) is 0 Å². The van der Waals surface area contributed by atoms with Crippen molar-refractivity contribution in [1.29, 1.82) is 0 Å². The third-order valence-electron chi connectivity index (χ3n) is 4.65. The van der Waals surface area contributed by atoms with E-state index < -0.39 is 0 Å². The summed E-state index contributed by atoms with van der Waals surface area (Å²) in [4.78, 5) is 0. The highest BCUT2D eigenvalue weighted by Gasteiger charge is 2.08. The standard InChI is InChI=1S/C24H35NO2/c1-4-6-7-8-9-17-26-23-15-13-21(14-16-23)25-19-22(5-2)27-24-12-10-11-20(3)18-24/h10-16,18,22,25H,4-9,17,19H2,1-3H3. The largest absolute Gasteiger partial charge is 0.494 e. The van der Waals surface area contributed by atoms with Crippen LogP contribution in [-0.4, -0.2) is 19.3 Å². The Morgan fingerprint density at radius 2 is 1.67 bits per heavy atom. The molecule has 0 heterocycles. The third-order valence-corrected chi connectivity index (χ3v) is 4.65. The van der Waals surface area contributed by atoms with Gasteiger partial charge in [-0.25, -0.2) is 0 Å². The van der Waals surface area contributed by atoms with E-state index >= 15 is 0 Å². The van der Waals surface area contributed by atoms with Crippen LogP contribution in [0.2, 0.25) is 0 Å². The molecule has 0 amide bonds. The van der Waals surface area contributed by atoms with Crippen LogP contribution in [0.4, 0.5) is 5.69 Å². The average Bonchev–Trinajstić information content (AvgIpc) is 2.69. The number of rotatable bonds is 13. The molecular weight excluding hydrogens is 334 g/mol. The summed E-state index contributed by atoms with van der Waals surface area (Å²) in [5.74, 6) is 1.88. The molecule has 0 aliphatic carbocycles. The highest BCUT2D eigenvalue weighted by molar-refractivity contribution is 5.46. The Morgan fingerprint density at radius 1 is 0.889 bits per heavy atom. The van der Waals surface area contributed by atoms with Gasteiger partial charge in [-0.15, -0.1) is 0 Å². The van der Waals surface area contributed by atoms with Crippen molar-refractivity contribution in [3.8, 4) is 11.5 Å². The van der Waals surface area contributed by atoms with E-state index in [1.165, 1.54) is 31.2 Å². The molecule has 3 heteroatoms. The van der Waals surface area contributed by atoms with Gasteiger partial charge in [0.2, 0.25) is 0 Å². The topological polar surface area (TPSA) is 30.5 Å². The predicted molar refractivity (Wildman–Crippen MR) is 115 cm³/mol. The van der Waals surface area contributed by atoms with Crippen molar-refractivity contribution < 1.29 is 9.47 Å². The van der Waals surface area contributed by atoms with Crippen LogP contribution in [0.15, 0.2) is 48.5 Å². The number of aryl methyl sites for hydroxylation is 1. The van der Waals surface area contributed by atoms with E-state index in [9.17, 15) is 0 Å². The fourth-order valence-electron chi connectivity index (χ4n) is 2.95. The number of anilines is 1. The predicted octanol–water partition coefficient (Wildman–Crippen LogP) is 6.61.